The number of hydrogen-bond acceptors (Lipinski definition) is 2. The van der Waals surface area contributed by atoms with Gasteiger partial charge in [-0.15, -0.1) is 0 Å². The van der Waals surface area contributed by atoms with E-state index in [2.05, 4.69) is 0 Å². The van der Waals surface area contributed by atoms with Gasteiger partial charge in [0.1, 0.15) is 0 Å². The maximum atomic E-state index is 12.1. The quantitative estimate of drug-likeness (QED) is 0.761. The fourth-order valence-corrected chi connectivity index (χ4v) is 1.98. The number of halogens is 2. The zero-order valence-corrected chi connectivity index (χ0v) is 8.12. The first kappa shape index (κ1) is 11.4. The van der Waals surface area contributed by atoms with Gasteiger partial charge in [0, 0.05) is 6.04 Å². The molecule has 1 aliphatic heterocycles. The van der Waals surface area contributed by atoms with Gasteiger partial charge in [-0.3, -0.25) is 9.69 Å². The molecule has 2 atom stereocenters. The van der Waals surface area contributed by atoms with Gasteiger partial charge in [0.05, 0.1) is 12.5 Å². The summed E-state index contributed by atoms with van der Waals surface area (Å²) in [7, 11) is 0. The number of aliphatic carboxylic acids is 1. The van der Waals surface area contributed by atoms with Crippen molar-refractivity contribution in [2.45, 2.75) is 32.2 Å². The van der Waals surface area contributed by atoms with Crippen LogP contribution in [0.15, 0.2) is 0 Å². The molecular formula is C9H15F2NO2. The molecular weight excluding hydrogens is 192 g/mol. The molecule has 0 amide bonds. The van der Waals surface area contributed by atoms with Crippen LogP contribution in [0, 0.1) is 5.92 Å². The summed E-state index contributed by atoms with van der Waals surface area (Å²) in [5.41, 5.74) is 0. The molecule has 0 spiro atoms. The highest BCUT2D eigenvalue weighted by molar-refractivity contribution is 5.70. The topological polar surface area (TPSA) is 40.5 Å². The third kappa shape index (κ3) is 2.64. The van der Waals surface area contributed by atoms with Crippen molar-refractivity contribution in [1.82, 2.24) is 4.90 Å². The number of piperidine rings is 1. The SMILES string of the molecule is CC1C(C(=O)O)CCCN1CC(F)F. The van der Waals surface area contributed by atoms with Gasteiger partial charge in [-0.2, -0.15) is 0 Å². The highest BCUT2D eigenvalue weighted by atomic mass is 19.3. The van der Waals surface area contributed by atoms with Crippen LogP contribution in [0.2, 0.25) is 0 Å². The van der Waals surface area contributed by atoms with E-state index in [1.807, 2.05) is 0 Å². The Balaban J connectivity index is 2.56. The summed E-state index contributed by atoms with van der Waals surface area (Å²) in [6.07, 6.45) is -1.10. The molecule has 3 nitrogen and oxygen atoms in total. The fourth-order valence-electron chi connectivity index (χ4n) is 1.98. The minimum atomic E-state index is -2.38. The molecule has 2 unspecified atom stereocenters. The Morgan fingerprint density at radius 3 is 2.79 bits per heavy atom. The van der Waals surface area contributed by atoms with Crippen LogP contribution in [0.25, 0.3) is 0 Å². The standard InChI is InChI=1S/C9H15F2NO2/c1-6-7(9(13)14)3-2-4-12(6)5-8(10)11/h6-8H,2-5H2,1H3,(H,13,14). The van der Waals surface area contributed by atoms with Crippen LogP contribution in [-0.2, 0) is 4.79 Å². The van der Waals surface area contributed by atoms with E-state index in [4.69, 9.17) is 5.11 Å². The summed E-state index contributed by atoms with van der Waals surface area (Å²) in [6.45, 7) is 1.97. The van der Waals surface area contributed by atoms with E-state index in [1.54, 1.807) is 11.8 Å². The summed E-state index contributed by atoms with van der Waals surface area (Å²) in [5, 5.41) is 8.85. The third-order valence-electron chi connectivity index (χ3n) is 2.81. The minimum absolute atomic E-state index is 0.282. The van der Waals surface area contributed by atoms with Crippen molar-refractivity contribution in [1.29, 1.82) is 0 Å². The van der Waals surface area contributed by atoms with Gasteiger partial charge in [0.15, 0.2) is 0 Å². The second-order valence-corrected chi connectivity index (χ2v) is 3.71. The average Bonchev–Trinajstić information content (AvgIpc) is 2.07. The van der Waals surface area contributed by atoms with Gasteiger partial charge in [0.2, 0.25) is 0 Å². The van der Waals surface area contributed by atoms with Crippen molar-refractivity contribution in [2.24, 2.45) is 5.92 Å². The summed E-state index contributed by atoms with van der Waals surface area (Å²) < 4.78 is 24.3. The molecule has 82 valence electrons. The molecule has 0 aromatic heterocycles. The Morgan fingerprint density at radius 1 is 1.64 bits per heavy atom. The summed E-state index contributed by atoms with van der Waals surface area (Å²) in [4.78, 5) is 12.3. The van der Waals surface area contributed by atoms with Gasteiger partial charge >= 0.3 is 5.97 Å². The Hall–Kier alpha value is -0.710. The molecule has 0 bridgehead atoms. The second-order valence-electron chi connectivity index (χ2n) is 3.71. The predicted molar refractivity (Wildman–Crippen MR) is 47.4 cm³/mol. The third-order valence-corrected chi connectivity index (χ3v) is 2.81. The molecule has 1 fully saturated rings. The van der Waals surface area contributed by atoms with Crippen molar-refractivity contribution < 1.29 is 18.7 Å². The maximum absolute atomic E-state index is 12.1. The summed E-state index contributed by atoms with van der Waals surface area (Å²) in [5.74, 6) is -1.38. The molecule has 1 heterocycles. The normalized spacial score (nSPS) is 29.4. The number of hydrogen-bond donors (Lipinski definition) is 1. The molecule has 1 aliphatic rings. The highest BCUT2D eigenvalue weighted by Gasteiger charge is 2.33. The lowest BCUT2D eigenvalue weighted by atomic mass is 9.90. The molecule has 0 radical (unpaired) electrons. The number of alkyl halides is 2. The van der Waals surface area contributed by atoms with Gasteiger partial charge in [0.25, 0.3) is 6.43 Å². The zero-order valence-electron chi connectivity index (χ0n) is 8.12. The number of rotatable bonds is 3. The first-order valence-electron chi connectivity index (χ1n) is 4.77. The molecule has 1 N–H and O–H groups in total. The van der Waals surface area contributed by atoms with E-state index in [1.165, 1.54) is 0 Å². The molecule has 5 heteroatoms. The average molecular weight is 207 g/mol. The Labute approximate surface area is 81.7 Å². The fraction of sp³-hybridized carbons (Fsp3) is 0.889. The van der Waals surface area contributed by atoms with E-state index < -0.39 is 18.3 Å². The summed E-state index contributed by atoms with van der Waals surface area (Å²) >= 11 is 0. The number of carboxylic acids is 1. The highest BCUT2D eigenvalue weighted by Crippen LogP contribution is 2.24. The molecule has 14 heavy (non-hydrogen) atoms. The lowest BCUT2D eigenvalue weighted by molar-refractivity contribution is -0.146. The molecule has 0 aliphatic carbocycles. The lowest BCUT2D eigenvalue weighted by Gasteiger charge is -2.37. The van der Waals surface area contributed by atoms with E-state index in [-0.39, 0.29) is 12.6 Å². The number of nitrogens with zero attached hydrogens (tertiary/aromatic N) is 1. The van der Waals surface area contributed by atoms with Gasteiger partial charge in [-0.25, -0.2) is 8.78 Å². The first-order valence-corrected chi connectivity index (χ1v) is 4.77. The Morgan fingerprint density at radius 2 is 2.29 bits per heavy atom. The monoisotopic (exact) mass is 207 g/mol. The lowest BCUT2D eigenvalue weighted by Crippen LogP contribution is -2.47. The van der Waals surface area contributed by atoms with Crippen molar-refractivity contribution in [3.63, 3.8) is 0 Å². The van der Waals surface area contributed by atoms with E-state index >= 15 is 0 Å². The molecule has 0 saturated carbocycles. The van der Waals surface area contributed by atoms with Crippen LogP contribution in [0.4, 0.5) is 8.78 Å². The van der Waals surface area contributed by atoms with Gasteiger partial charge < -0.3 is 5.11 Å². The van der Waals surface area contributed by atoms with Crippen LogP contribution in [0.1, 0.15) is 19.8 Å². The molecule has 0 aromatic carbocycles. The van der Waals surface area contributed by atoms with E-state index in [9.17, 15) is 13.6 Å². The smallest absolute Gasteiger partial charge is 0.308 e. The zero-order chi connectivity index (χ0) is 10.7. The second kappa shape index (κ2) is 4.68. The van der Waals surface area contributed by atoms with Crippen molar-refractivity contribution in [3.8, 4) is 0 Å². The number of carbonyl (C=O) groups is 1. The molecule has 0 aromatic rings. The van der Waals surface area contributed by atoms with Crippen LogP contribution in [-0.4, -0.2) is 41.5 Å². The van der Waals surface area contributed by atoms with E-state index in [0.717, 1.165) is 0 Å². The Kier molecular flexibility index (Phi) is 3.80. The van der Waals surface area contributed by atoms with Crippen LogP contribution >= 0.6 is 0 Å². The van der Waals surface area contributed by atoms with Crippen LogP contribution in [0.5, 0.6) is 0 Å². The first-order chi connectivity index (χ1) is 6.52. The van der Waals surface area contributed by atoms with Crippen molar-refractivity contribution in [2.75, 3.05) is 13.1 Å². The maximum Gasteiger partial charge on any atom is 0.308 e. The largest absolute Gasteiger partial charge is 0.481 e. The minimum Gasteiger partial charge on any atom is -0.481 e. The predicted octanol–water partition coefficient (Wildman–Crippen LogP) is 1.44. The van der Waals surface area contributed by atoms with Gasteiger partial charge in [-0.1, -0.05) is 0 Å². The Bertz CT molecular complexity index is 211. The van der Waals surface area contributed by atoms with Crippen LogP contribution in [0.3, 0.4) is 0 Å². The van der Waals surface area contributed by atoms with Gasteiger partial charge in [-0.05, 0) is 26.3 Å². The van der Waals surface area contributed by atoms with Crippen molar-refractivity contribution in [3.05, 3.63) is 0 Å². The molecule has 1 rings (SSSR count). The number of likely N-dealkylation sites (tertiary alicyclic amines) is 1. The summed E-state index contributed by atoms with van der Waals surface area (Å²) in [6, 6.07) is -0.282. The van der Waals surface area contributed by atoms with Crippen LogP contribution < -0.4 is 0 Å². The van der Waals surface area contributed by atoms with Crippen molar-refractivity contribution >= 4 is 5.97 Å². The molecule has 1 saturated heterocycles. The van der Waals surface area contributed by atoms with E-state index in [0.29, 0.717) is 19.4 Å². The number of carboxylic acid groups (broad SMARTS) is 1.